The van der Waals surface area contributed by atoms with Gasteiger partial charge in [0.15, 0.2) is 0 Å². The van der Waals surface area contributed by atoms with Gasteiger partial charge >= 0.3 is 0 Å². The summed E-state index contributed by atoms with van der Waals surface area (Å²) in [6.07, 6.45) is 8.88. The van der Waals surface area contributed by atoms with E-state index >= 15 is 0 Å². The molecule has 148 valence electrons. The van der Waals surface area contributed by atoms with Crippen molar-refractivity contribution in [3.63, 3.8) is 0 Å². The predicted molar refractivity (Wildman–Crippen MR) is 103 cm³/mol. The van der Waals surface area contributed by atoms with E-state index in [1.165, 1.54) is 0 Å². The van der Waals surface area contributed by atoms with E-state index in [0.717, 1.165) is 63.6 Å². The fraction of sp³-hybridized carbons (Fsp3) is 0.684. The van der Waals surface area contributed by atoms with Crippen molar-refractivity contribution in [3.05, 3.63) is 30.4 Å². The van der Waals surface area contributed by atoms with Crippen molar-refractivity contribution in [3.8, 4) is 0 Å². The molecular formula is C19H31N7O. The van der Waals surface area contributed by atoms with Crippen LogP contribution in [0.3, 0.4) is 0 Å². The largest absolute Gasteiger partial charge is 0.343 e. The van der Waals surface area contributed by atoms with Crippen LogP contribution >= 0.6 is 0 Å². The minimum absolute atomic E-state index is 0.263. The summed E-state index contributed by atoms with van der Waals surface area (Å²) in [4.78, 5) is 20.6. The van der Waals surface area contributed by atoms with Gasteiger partial charge in [-0.05, 0) is 40.3 Å². The number of rotatable bonds is 8. The van der Waals surface area contributed by atoms with Gasteiger partial charge < -0.3 is 18.9 Å². The van der Waals surface area contributed by atoms with Crippen LogP contribution in [0.5, 0.6) is 0 Å². The van der Waals surface area contributed by atoms with Crippen molar-refractivity contribution in [2.24, 2.45) is 0 Å². The van der Waals surface area contributed by atoms with Crippen molar-refractivity contribution in [1.29, 1.82) is 0 Å². The van der Waals surface area contributed by atoms with Gasteiger partial charge in [0.2, 0.25) is 5.91 Å². The molecule has 0 radical (unpaired) electrons. The van der Waals surface area contributed by atoms with Crippen LogP contribution in [0.15, 0.2) is 18.7 Å². The van der Waals surface area contributed by atoms with E-state index in [1.54, 1.807) is 12.5 Å². The van der Waals surface area contributed by atoms with E-state index in [2.05, 4.69) is 31.6 Å². The average Bonchev–Trinajstić information content (AvgIpc) is 3.31. The smallest absolute Gasteiger partial charge is 0.222 e. The number of piperidine rings is 1. The SMILES string of the molecule is CCn1c(CN(C)C)nnc1C1CCN(C(=O)CCCn2ccnc2)CC1. The van der Waals surface area contributed by atoms with Gasteiger partial charge in [0.1, 0.15) is 11.6 Å². The molecule has 0 spiro atoms. The van der Waals surface area contributed by atoms with Gasteiger partial charge in [-0.2, -0.15) is 0 Å². The highest BCUT2D eigenvalue weighted by Gasteiger charge is 2.27. The molecule has 0 unspecified atom stereocenters. The quantitative estimate of drug-likeness (QED) is 0.705. The minimum Gasteiger partial charge on any atom is -0.343 e. The first-order valence-electron chi connectivity index (χ1n) is 9.88. The third-order valence-electron chi connectivity index (χ3n) is 5.21. The van der Waals surface area contributed by atoms with Crippen LogP contribution in [-0.4, -0.2) is 67.2 Å². The first kappa shape index (κ1) is 19.5. The third-order valence-corrected chi connectivity index (χ3v) is 5.21. The summed E-state index contributed by atoms with van der Waals surface area (Å²) in [5, 5.41) is 8.89. The van der Waals surface area contributed by atoms with Gasteiger partial charge in [0.05, 0.1) is 12.9 Å². The number of hydrogen-bond acceptors (Lipinski definition) is 5. The van der Waals surface area contributed by atoms with Crippen LogP contribution in [0.4, 0.5) is 0 Å². The fourth-order valence-corrected chi connectivity index (χ4v) is 3.77. The number of hydrogen-bond donors (Lipinski definition) is 0. The number of carbonyl (C=O) groups is 1. The highest BCUT2D eigenvalue weighted by Crippen LogP contribution is 2.28. The summed E-state index contributed by atoms with van der Waals surface area (Å²) < 4.78 is 4.26. The first-order chi connectivity index (χ1) is 13.1. The Morgan fingerprint density at radius 3 is 2.67 bits per heavy atom. The molecule has 0 N–H and O–H groups in total. The number of imidazole rings is 1. The van der Waals surface area contributed by atoms with Crippen LogP contribution in [0.2, 0.25) is 0 Å². The van der Waals surface area contributed by atoms with Gasteiger partial charge in [0.25, 0.3) is 0 Å². The zero-order valence-corrected chi connectivity index (χ0v) is 16.7. The molecule has 1 aliphatic rings. The lowest BCUT2D eigenvalue weighted by Crippen LogP contribution is -2.38. The topological polar surface area (TPSA) is 72.1 Å². The molecule has 2 aromatic heterocycles. The van der Waals surface area contributed by atoms with Crippen LogP contribution in [-0.2, 0) is 24.4 Å². The molecule has 27 heavy (non-hydrogen) atoms. The molecule has 8 nitrogen and oxygen atoms in total. The highest BCUT2D eigenvalue weighted by molar-refractivity contribution is 5.76. The summed E-state index contributed by atoms with van der Waals surface area (Å²) in [6, 6.07) is 0. The van der Waals surface area contributed by atoms with E-state index in [4.69, 9.17) is 0 Å². The molecule has 1 fully saturated rings. The Morgan fingerprint density at radius 2 is 2.04 bits per heavy atom. The maximum Gasteiger partial charge on any atom is 0.222 e. The molecule has 1 saturated heterocycles. The van der Waals surface area contributed by atoms with Crippen molar-refractivity contribution in [1.82, 2.24) is 34.1 Å². The van der Waals surface area contributed by atoms with E-state index < -0.39 is 0 Å². The Hall–Kier alpha value is -2.22. The molecule has 0 aliphatic carbocycles. The Labute approximate surface area is 161 Å². The summed E-state index contributed by atoms with van der Waals surface area (Å²) in [6.45, 7) is 6.30. The molecule has 0 bridgehead atoms. The van der Waals surface area contributed by atoms with Crippen LogP contribution in [0.25, 0.3) is 0 Å². The van der Waals surface area contributed by atoms with E-state index in [0.29, 0.717) is 12.3 Å². The van der Waals surface area contributed by atoms with E-state index in [9.17, 15) is 4.79 Å². The number of carbonyl (C=O) groups excluding carboxylic acids is 1. The second-order valence-corrected chi connectivity index (χ2v) is 7.52. The minimum atomic E-state index is 0.263. The second-order valence-electron chi connectivity index (χ2n) is 7.52. The molecule has 8 heteroatoms. The van der Waals surface area contributed by atoms with Gasteiger partial charge in [0, 0.05) is 50.9 Å². The number of likely N-dealkylation sites (tertiary alicyclic amines) is 1. The van der Waals surface area contributed by atoms with Gasteiger partial charge in [-0.3, -0.25) is 4.79 Å². The highest BCUT2D eigenvalue weighted by atomic mass is 16.2. The lowest BCUT2D eigenvalue weighted by Gasteiger charge is -2.32. The lowest BCUT2D eigenvalue weighted by atomic mass is 9.95. The third kappa shape index (κ3) is 4.94. The maximum atomic E-state index is 12.5. The Kier molecular flexibility index (Phi) is 6.60. The number of aryl methyl sites for hydroxylation is 1. The van der Waals surface area contributed by atoms with Crippen LogP contribution in [0, 0.1) is 0 Å². The lowest BCUT2D eigenvalue weighted by molar-refractivity contribution is -0.132. The van der Waals surface area contributed by atoms with Gasteiger partial charge in [-0.25, -0.2) is 4.98 Å². The van der Waals surface area contributed by atoms with Crippen molar-refractivity contribution < 1.29 is 4.79 Å². The van der Waals surface area contributed by atoms with E-state index in [-0.39, 0.29) is 5.91 Å². The van der Waals surface area contributed by atoms with E-state index in [1.807, 2.05) is 29.8 Å². The maximum absolute atomic E-state index is 12.5. The number of aromatic nitrogens is 5. The molecule has 0 atom stereocenters. The average molecular weight is 374 g/mol. The summed E-state index contributed by atoms with van der Waals surface area (Å²) in [5.41, 5.74) is 0. The molecule has 1 aliphatic heterocycles. The number of nitrogens with zero attached hydrogens (tertiary/aromatic N) is 7. The Morgan fingerprint density at radius 1 is 1.26 bits per heavy atom. The molecule has 2 aromatic rings. The predicted octanol–water partition coefficient (Wildman–Crippen LogP) is 1.74. The zero-order chi connectivity index (χ0) is 19.2. The molecule has 0 saturated carbocycles. The van der Waals surface area contributed by atoms with Crippen molar-refractivity contribution in [2.75, 3.05) is 27.2 Å². The normalized spacial score (nSPS) is 15.6. The first-order valence-corrected chi connectivity index (χ1v) is 9.88. The van der Waals surface area contributed by atoms with Crippen LogP contribution < -0.4 is 0 Å². The van der Waals surface area contributed by atoms with Gasteiger partial charge in [-0.15, -0.1) is 10.2 Å². The standard InChI is InChI=1S/C19H31N7O/c1-4-26-17(14-23(2)3)21-22-19(26)16-7-11-25(12-8-16)18(27)6-5-10-24-13-9-20-15-24/h9,13,15-16H,4-8,10-12,14H2,1-3H3. The molecule has 3 heterocycles. The zero-order valence-electron chi connectivity index (χ0n) is 16.7. The monoisotopic (exact) mass is 373 g/mol. The van der Waals surface area contributed by atoms with Gasteiger partial charge in [-0.1, -0.05) is 0 Å². The van der Waals surface area contributed by atoms with Crippen LogP contribution in [0.1, 0.15) is 50.2 Å². The summed E-state index contributed by atoms with van der Waals surface area (Å²) in [7, 11) is 4.09. The fourth-order valence-electron chi connectivity index (χ4n) is 3.77. The summed E-state index contributed by atoms with van der Waals surface area (Å²) >= 11 is 0. The molecular weight excluding hydrogens is 342 g/mol. The Balaban J connectivity index is 1.49. The number of amides is 1. The summed E-state index contributed by atoms with van der Waals surface area (Å²) in [5.74, 6) is 2.76. The van der Waals surface area contributed by atoms with Crippen molar-refractivity contribution >= 4 is 5.91 Å². The molecule has 0 aromatic carbocycles. The second kappa shape index (κ2) is 9.12. The van der Waals surface area contributed by atoms with Crippen molar-refractivity contribution in [2.45, 2.75) is 58.2 Å². The molecule has 1 amide bonds. The Bertz CT molecular complexity index is 715. The molecule has 3 rings (SSSR count).